The number of aryl methyl sites for hydroxylation is 1. The summed E-state index contributed by atoms with van der Waals surface area (Å²) >= 11 is 0. The van der Waals surface area contributed by atoms with E-state index >= 15 is 0 Å². The van der Waals surface area contributed by atoms with E-state index in [1.54, 1.807) is 11.1 Å². The predicted octanol–water partition coefficient (Wildman–Crippen LogP) is 10.6. The predicted molar refractivity (Wildman–Crippen MR) is 179 cm³/mol. The highest BCUT2D eigenvalue weighted by atomic mass is 16.3. The van der Waals surface area contributed by atoms with Crippen LogP contribution < -0.4 is 9.80 Å². The van der Waals surface area contributed by atoms with E-state index in [2.05, 4.69) is 102 Å². The molecule has 3 fully saturated rings. The van der Waals surface area contributed by atoms with Crippen LogP contribution in [0.2, 0.25) is 0 Å². The summed E-state index contributed by atoms with van der Waals surface area (Å²) in [6, 6.07) is 35.2. The van der Waals surface area contributed by atoms with Crippen molar-refractivity contribution in [2.75, 3.05) is 16.5 Å². The topological polar surface area (TPSA) is 26.7 Å². The number of phenols is 1. The number of para-hydroxylation sites is 2. The Bertz CT molecular complexity index is 1500. The Morgan fingerprint density at radius 1 is 0.558 bits per heavy atom. The molecular weight excluding hydrogens is 524 g/mol. The quantitative estimate of drug-likeness (QED) is 0.250. The van der Waals surface area contributed by atoms with Crippen LogP contribution in [0.1, 0.15) is 116 Å². The standard InChI is InChI=1S/C40H46N2O/c1-29-26-34(30-16-6-2-7-17-30)27-35(31-18-8-3-9-19-31)38(29)42-28-41(36-24-14-15-25-37(36)43)39(32-20-10-4-11-21-32)40(42)33-22-12-5-13-23-33/h4-5,10-15,20-27,30-31,39-40,43H,2-3,6-9,16-19,28H2,1H3/t39-,40-/m0/s1. The minimum atomic E-state index is 0.0496. The largest absolute Gasteiger partial charge is 0.506 e. The molecule has 3 aliphatic rings. The molecule has 4 aromatic rings. The summed E-state index contributed by atoms with van der Waals surface area (Å²) in [6.07, 6.45) is 13.4. The van der Waals surface area contributed by atoms with Crippen molar-refractivity contribution in [3.05, 3.63) is 125 Å². The minimum absolute atomic E-state index is 0.0496. The number of hydrogen-bond acceptors (Lipinski definition) is 3. The first kappa shape index (κ1) is 28.1. The number of hydrogen-bond donors (Lipinski definition) is 1. The lowest BCUT2D eigenvalue weighted by atomic mass is 9.78. The summed E-state index contributed by atoms with van der Waals surface area (Å²) in [6.45, 7) is 3.09. The van der Waals surface area contributed by atoms with Crippen LogP contribution in [0, 0.1) is 6.92 Å². The van der Waals surface area contributed by atoms with Crippen LogP contribution in [-0.2, 0) is 0 Å². The Morgan fingerprint density at radius 3 is 1.70 bits per heavy atom. The van der Waals surface area contributed by atoms with Gasteiger partial charge in [-0.25, -0.2) is 0 Å². The van der Waals surface area contributed by atoms with Crippen LogP contribution in [0.4, 0.5) is 11.4 Å². The maximum Gasteiger partial charge on any atom is 0.138 e. The van der Waals surface area contributed by atoms with Gasteiger partial charge in [-0.15, -0.1) is 0 Å². The van der Waals surface area contributed by atoms with Crippen LogP contribution in [0.25, 0.3) is 0 Å². The zero-order valence-corrected chi connectivity index (χ0v) is 25.7. The molecular formula is C40H46N2O. The molecule has 1 saturated heterocycles. The van der Waals surface area contributed by atoms with E-state index in [1.165, 1.54) is 86.6 Å². The third-order valence-electron chi connectivity index (χ3n) is 10.5. The molecule has 0 spiro atoms. The Balaban J connectivity index is 1.42. The highest BCUT2D eigenvalue weighted by Crippen LogP contribution is 2.53. The Labute approximate surface area is 258 Å². The summed E-state index contributed by atoms with van der Waals surface area (Å²) in [5.74, 6) is 1.65. The lowest BCUT2D eigenvalue weighted by molar-refractivity contribution is 0.435. The van der Waals surface area contributed by atoms with Crippen molar-refractivity contribution in [2.45, 2.75) is 95.1 Å². The molecule has 1 aliphatic heterocycles. The van der Waals surface area contributed by atoms with Crippen molar-refractivity contribution in [3.8, 4) is 5.75 Å². The molecule has 3 nitrogen and oxygen atoms in total. The average molecular weight is 571 g/mol. The smallest absolute Gasteiger partial charge is 0.138 e. The van der Waals surface area contributed by atoms with Crippen molar-refractivity contribution < 1.29 is 5.11 Å². The molecule has 0 unspecified atom stereocenters. The Morgan fingerprint density at radius 2 is 1.09 bits per heavy atom. The Kier molecular flexibility index (Phi) is 8.15. The van der Waals surface area contributed by atoms with E-state index in [0.717, 1.165) is 12.4 Å². The average Bonchev–Trinajstić information content (AvgIpc) is 3.46. The van der Waals surface area contributed by atoms with Gasteiger partial charge in [0.1, 0.15) is 5.75 Å². The molecule has 3 heteroatoms. The number of phenolic OH excluding ortho intramolecular Hbond substituents is 1. The molecule has 2 saturated carbocycles. The molecule has 0 aromatic heterocycles. The highest BCUT2D eigenvalue weighted by molar-refractivity contribution is 5.70. The minimum Gasteiger partial charge on any atom is -0.506 e. The van der Waals surface area contributed by atoms with Crippen molar-refractivity contribution in [2.24, 2.45) is 0 Å². The maximum atomic E-state index is 11.2. The summed E-state index contributed by atoms with van der Waals surface area (Å²) in [5, 5.41) is 11.2. The van der Waals surface area contributed by atoms with E-state index in [9.17, 15) is 5.11 Å². The van der Waals surface area contributed by atoms with Crippen LogP contribution in [0.3, 0.4) is 0 Å². The molecule has 0 radical (unpaired) electrons. The van der Waals surface area contributed by atoms with Gasteiger partial charge in [0.15, 0.2) is 0 Å². The monoisotopic (exact) mass is 570 g/mol. The van der Waals surface area contributed by atoms with Gasteiger partial charge in [0, 0.05) is 5.69 Å². The molecule has 43 heavy (non-hydrogen) atoms. The van der Waals surface area contributed by atoms with Crippen LogP contribution in [0.5, 0.6) is 5.75 Å². The van der Waals surface area contributed by atoms with Crippen LogP contribution in [0.15, 0.2) is 97.1 Å². The second-order valence-corrected chi connectivity index (χ2v) is 13.2. The molecule has 1 N–H and O–H groups in total. The first-order chi connectivity index (χ1) is 21.2. The summed E-state index contributed by atoms with van der Waals surface area (Å²) in [7, 11) is 0. The van der Waals surface area contributed by atoms with Gasteiger partial charge < -0.3 is 14.9 Å². The fraction of sp³-hybridized carbons (Fsp3) is 0.400. The first-order valence-electron chi connectivity index (χ1n) is 16.7. The fourth-order valence-electron chi connectivity index (χ4n) is 8.47. The van der Waals surface area contributed by atoms with E-state index in [-0.39, 0.29) is 12.1 Å². The van der Waals surface area contributed by atoms with Crippen molar-refractivity contribution in [1.29, 1.82) is 0 Å². The molecule has 2 aliphatic carbocycles. The SMILES string of the molecule is Cc1cc(C2CCCCC2)cc(C2CCCCC2)c1N1CN(c2ccccc2O)[C@@H](c2ccccc2)[C@@H]1c1ccccc1. The second-order valence-electron chi connectivity index (χ2n) is 13.2. The van der Waals surface area contributed by atoms with Gasteiger partial charge >= 0.3 is 0 Å². The van der Waals surface area contributed by atoms with E-state index in [4.69, 9.17) is 0 Å². The van der Waals surface area contributed by atoms with Gasteiger partial charge in [0.05, 0.1) is 24.4 Å². The van der Waals surface area contributed by atoms with Gasteiger partial charge in [-0.05, 0) is 84.4 Å². The molecule has 1 heterocycles. The van der Waals surface area contributed by atoms with Crippen LogP contribution >= 0.6 is 0 Å². The molecule has 0 bridgehead atoms. The fourth-order valence-corrected chi connectivity index (χ4v) is 8.47. The van der Waals surface area contributed by atoms with Gasteiger partial charge in [-0.1, -0.05) is 123 Å². The normalized spacial score (nSPS) is 21.8. The van der Waals surface area contributed by atoms with E-state index in [0.29, 0.717) is 17.6 Å². The van der Waals surface area contributed by atoms with Crippen molar-refractivity contribution >= 4 is 11.4 Å². The third-order valence-corrected chi connectivity index (χ3v) is 10.5. The third kappa shape index (κ3) is 5.55. The second kappa shape index (κ2) is 12.5. The first-order valence-corrected chi connectivity index (χ1v) is 16.7. The number of rotatable bonds is 6. The number of anilines is 2. The lowest BCUT2D eigenvalue weighted by Crippen LogP contribution is -2.28. The van der Waals surface area contributed by atoms with E-state index in [1.807, 2.05) is 12.1 Å². The van der Waals surface area contributed by atoms with Gasteiger partial charge in [0.2, 0.25) is 0 Å². The summed E-state index contributed by atoms with van der Waals surface area (Å²) in [4.78, 5) is 5.14. The van der Waals surface area contributed by atoms with Crippen LogP contribution in [-0.4, -0.2) is 11.8 Å². The number of aromatic hydroxyl groups is 1. The van der Waals surface area contributed by atoms with Crippen molar-refractivity contribution in [1.82, 2.24) is 0 Å². The number of benzene rings is 4. The van der Waals surface area contributed by atoms with Gasteiger partial charge in [-0.2, -0.15) is 0 Å². The molecule has 222 valence electrons. The molecule has 0 amide bonds. The summed E-state index contributed by atoms with van der Waals surface area (Å²) < 4.78 is 0. The zero-order valence-electron chi connectivity index (χ0n) is 25.7. The summed E-state index contributed by atoms with van der Waals surface area (Å²) in [5.41, 5.74) is 9.49. The zero-order chi connectivity index (χ0) is 29.2. The lowest BCUT2D eigenvalue weighted by Gasteiger charge is -2.35. The van der Waals surface area contributed by atoms with Gasteiger partial charge in [-0.3, -0.25) is 0 Å². The van der Waals surface area contributed by atoms with Gasteiger partial charge in [0.25, 0.3) is 0 Å². The van der Waals surface area contributed by atoms with Crippen molar-refractivity contribution in [3.63, 3.8) is 0 Å². The molecule has 4 aromatic carbocycles. The molecule has 7 rings (SSSR count). The Hall–Kier alpha value is -3.72. The maximum absolute atomic E-state index is 11.2. The highest BCUT2D eigenvalue weighted by Gasteiger charge is 2.44. The number of nitrogens with zero attached hydrogens (tertiary/aromatic N) is 2. The van der Waals surface area contributed by atoms with E-state index < -0.39 is 0 Å². The molecule has 2 atom stereocenters.